The standard InChI is InChI=1S/C20H24ClN5O/c21-16-3-12(5-23-20(16)22)17-4-18(26(24-17)6-11-1-2-11)19-14-7-25(8-15(14)19)13-9-27-10-13/h3-5,11,13-15,19H,1-2,6-10H2,(H2,22,23). The summed E-state index contributed by atoms with van der Waals surface area (Å²) in [5.41, 5.74) is 9.09. The molecule has 2 aliphatic heterocycles. The molecule has 7 heteroatoms. The maximum Gasteiger partial charge on any atom is 0.142 e. The zero-order chi connectivity index (χ0) is 18.1. The predicted octanol–water partition coefficient (Wildman–Crippen LogP) is 2.63. The zero-order valence-electron chi connectivity index (χ0n) is 15.2. The van der Waals surface area contributed by atoms with Crippen molar-refractivity contribution in [1.82, 2.24) is 19.7 Å². The SMILES string of the molecule is Nc1ncc(-c2cc(C3C4CN(C5COC5)CC43)n(CC3CC3)n2)cc1Cl. The highest BCUT2D eigenvalue weighted by atomic mass is 35.5. The number of anilines is 1. The van der Waals surface area contributed by atoms with Gasteiger partial charge >= 0.3 is 0 Å². The Kier molecular flexibility index (Phi) is 3.59. The average Bonchev–Trinajstić information content (AvgIpc) is 3.44. The zero-order valence-corrected chi connectivity index (χ0v) is 16.0. The van der Waals surface area contributed by atoms with Crippen molar-refractivity contribution in [2.45, 2.75) is 31.3 Å². The molecule has 0 radical (unpaired) electrons. The van der Waals surface area contributed by atoms with Crippen LogP contribution in [0.15, 0.2) is 18.3 Å². The monoisotopic (exact) mass is 385 g/mol. The van der Waals surface area contributed by atoms with Crippen LogP contribution in [-0.4, -0.2) is 52.0 Å². The maximum absolute atomic E-state index is 6.18. The highest BCUT2D eigenvalue weighted by molar-refractivity contribution is 6.33. The van der Waals surface area contributed by atoms with E-state index in [9.17, 15) is 0 Å². The van der Waals surface area contributed by atoms with E-state index >= 15 is 0 Å². The van der Waals surface area contributed by atoms with Crippen LogP contribution < -0.4 is 5.73 Å². The van der Waals surface area contributed by atoms with Crippen LogP contribution in [0.3, 0.4) is 0 Å². The number of rotatable bonds is 5. The van der Waals surface area contributed by atoms with Crippen molar-refractivity contribution in [3.63, 3.8) is 0 Å². The van der Waals surface area contributed by atoms with Crippen molar-refractivity contribution in [3.8, 4) is 11.3 Å². The fraction of sp³-hybridized carbons (Fsp3) is 0.600. The molecule has 27 heavy (non-hydrogen) atoms. The van der Waals surface area contributed by atoms with Gasteiger partial charge in [-0.2, -0.15) is 5.10 Å². The molecule has 2 aliphatic carbocycles. The Labute approximate surface area is 163 Å². The lowest BCUT2D eigenvalue weighted by molar-refractivity contribution is -0.0610. The normalized spacial score (nSPS) is 30.3. The molecule has 2 saturated carbocycles. The van der Waals surface area contributed by atoms with Crippen LogP contribution in [0.5, 0.6) is 0 Å². The number of pyridine rings is 1. The maximum atomic E-state index is 6.18. The summed E-state index contributed by atoms with van der Waals surface area (Å²) in [5, 5.41) is 5.44. The summed E-state index contributed by atoms with van der Waals surface area (Å²) in [6.07, 6.45) is 4.44. The number of piperidine rings is 1. The lowest BCUT2D eigenvalue weighted by Gasteiger charge is -2.35. The number of halogens is 1. The van der Waals surface area contributed by atoms with Crippen LogP contribution in [0.1, 0.15) is 24.5 Å². The van der Waals surface area contributed by atoms with Crippen molar-refractivity contribution < 1.29 is 4.74 Å². The fourth-order valence-electron chi connectivity index (χ4n) is 4.85. The van der Waals surface area contributed by atoms with Crippen molar-refractivity contribution in [3.05, 3.63) is 29.0 Å². The Morgan fingerprint density at radius 2 is 1.96 bits per heavy atom. The Morgan fingerprint density at radius 3 is 2.59 bits per heavy atom. The van der Waals surface area contributed by atoms with Crippen LogP contribution in [0.4, 0.5) is 5.82 Å². The van der Waals surface area contributed by atoms with E-state index in [0.717, 1.165) is 48.8 Å². The summed E-state index contributed by atoms with van der Waals surface area (Å²) in [6.45, 7) is 5.30. The molecule has 2 aromatic rings. The minimum Gasteiger partial charge on any atom is -0.382 e. The Morgan fingerprint density at radius 1 is 1.19 bits per heavy atom. The van der Waals surface area contributed by atoms with E-state index in [-0.39, 0.29) is 0 Å². The van der Waals surface area contributed by atoms with Gasteiger partial charge in [0, 0.05) is 43.0 Å². The number of nitrogen functional groups attached to an aromatic ring is 1. The molecule has 6 rings (SSSR count). The number of ether oxygens (including phenoxy) is 1. The first kappa shape index (κ1) is 16.3. The number of nitrogens with zero attached hydrogens (tertiary/aromatic N) is 4. The fourth-order valence-corrected chi connectivity index (χ4v) is 5.02. The third-order valence-electron chi connectivity index (χ3n) is 6.81. The lowest BCUT2D eigenvalue weighted by atomic mass is 10.1. The molecule has 2 atom stereocenters. The molecular weight excluding hydrogens is 362 g/mol. The van der Waals surface area contributed by atoms with E-state index < -0.39 is 0 Å². The van der Waals surface area contributed by atoms with Gasteiger partial charge in [0.1, 0.15) is 5.82 Å². The molecule has 4 heterocycles. The number of nitrogens with two attached hydrogens (primary N) is 1. The summed E-state index contributed by atoms with van der Waals surface area (Å²) in [4.78, 5) is 6.83. The molecule has 0 bridgehead atoms. The van der Waals surface area contributed by atoms with Crippen LogP contribution in [-0.2, 0) is 11.3 Å². The van der Waals surface area contributed by atoms with Crippen molar-refractivity contribution >= 4 is 17.4 Å². The summed E-state index contributed by atoms with van der Waals surface area (Å²) >= 11 is 6.18. The highest BCUT2D eigenvalue weighted by Crippen LogP contribution is 2.59. The quantitative estimate of drug-likeness (QED) is 0.856. The molecule has 2 saturated heterocycles. The van der Waals surface area contributed by atoms with E-state index in [0.29, 0.717) is 22.8 Å². The number of hydrogen-bond acceptors (Lipinski definition) is 5. The first-order valence-electron chi connectivity index (χ1n) is 9.98. The van der Waals surface area contributed by atoms with Gasteiger partial charge in [0.05, 0.1) is 30.0 Å². The Balaban J connectivity index is 1.27. The van der Waals surface area contributed by atoms with Gasteiger partial charge in [-0.3, -0.25) is 9.58 Å². The molecule has 6 nitrogen and oxygen atoms in total. The van der Waals surface area contributed by atoms with Gasteiger partial charge in [-0.05, 0) is 42.7 Å². The second-order valence-corrected chi connectivity index (χ2v) is 9.08. The first-order chi connectivity index (χ1) is 13.2. The summed E-state index contributed by atoms with van der Waals surface area (Å²) in [6, 6.07) is 4.81. The van der Waals surface area contributed by atoms with E-state index in [1.807, 2.05) is 6.07 Å². The number of hydrogen-bond donors (Lipinski definition) is 1. The highest BCUT2D eigenvalue weighted by Gasteiger charge is 2.58. The van der Waals surface area contributed by atoms with Gasteiger partial charge in [-0.1, -0.05) is 11.6 Å². The molecule has 2 aromatic heterocycles. The van der Waals surface area contributed by atoms with E-state index in [1.54, 1.807) is 6.20 Å². The molecule has 4 fully saturated rings. The molecule has 4 aliphatic rings. The molecular formula is C20H24ClN5O. The molecule has 0 amide bonds. The smallest absolute Gasteiger partial charge is 0.142 e. The Bertz CT molecular complexity index is 878. The summed E-state index contributed by atoms with van der Waals surface area (Å²) in [5.74, 6) is 3.38. The second-order valence-electron chi connectivity index (χ2n) is 8.67. The topological polar surface area (TPSA) is 69.2 Å². The van der Waals surface area contributed by atoms with E-state index in [2.05, 4.69) is 20.6 Å². The number of aromatic nitrogens is 3. The molecule has 2 N–H and O–H groups in total. The third-order valence-corrected chi connectivity index (χ3v) is 7.11. The number of likely N-dealkylation sites (tertiary alicyclic amines) is 1. The molecule has 142 valence electrons. The van der Waals surface area contributed by atoms with Gasteiger partial charge < -0.3 is 10.5 Å². The molecule has 0 spiro atoms. The average molecular weight is 386 g/mol. The third kappa shape index (κ3) is 2.77. The second kappa shape index (κ2) is 5.93. The largest absolute Gasteiger partial charge is 0.382 e. The Hall–Kier alpha value is -1.63. The minimum absolute atomic E-state index is 0.370. The van der Waals surface area contributed by atoms with Crippen molar-refractivity contribution in [2.24, 2.45) is 17.8 Å². The van der Waals surface area contributed by atoms with Gasteiger partial charge in [-0.25, -0.2) is 4.98 Å². The summed E-state index contributed by atoms with van der Waals surface area (Å²) < 4.78 is 7.64. The van der Waals surface area contributed by atoms with Crippen LogP contribution in [0.25, 0.3) is 11.3 Å². The van der Waals surface area contributed by atoms with Crippen LogP contribution in [0, 0.1) is 17.8 Å². The van der Waals surface area contributed by atoms with Gasteiger partial charge in [0.15, 0.2) is 0 Å². The number of fused-ring (bicyclic) bond motifs is 1. The van der Waals surface area contributed by atoms with Gasteiger partial charge in [0.2, 0.25) is 0 Å². The van der Waals surface area contributed by atoms with E-state index in [1.165, 1.54) is 31.6 Å². The molecule has 2 unspecified atom stereocenters. The minimum atomic E-state index is 0.370. The van der Waals surface area contributed by atoms with Crippen LogP contribution >= 0.6 is 11.6 Å². The van der Waals surface area contributed by atoms with Gasteiger partial charge in [-0.15, -0.1) is 0 Å². The van der Waals surface area contributed by atoms with Crippen LogP contribution in [0.2, 0.25) is 5.02 Å². The van der Waals surface area contributed by atoms with Gasteiger partial charge in [0.25, 0.3) is 0 Å². The van der Waals surface area contributed by atoms with Crippen molar-refractivity contribution in [2.75, 3.05) is 32.0 Å². The van der Waals surface area contributed by atoms with E-state index in [4.69, 9.17) is 27.2 Å². The van der Waals surface area contributed by atoms with Crippen molar-refractivity contribution in [1.29, 1.82) is 0 Å². The predicted molar refractivity (Wildman–Crippen MR) is 104 cm³/mol. The lowest BCUT2D eigenvalue weighted by Crippen LogP contribution is -2.48. The molecule has 0 aromatic carbocycles. The first-order valence-corrected chi connectivity index (χ1v) is 10.4. The summed E-state index contributed by atoms with van der Waals surface area (Å²) in [7, 11) is 0.